The van der Waals surface area contributed by atoms with Crippen molar-refractivity contribution in [3.63, 3.8) is 0 Å². The number of ether oxygens (including phenoxy) is 2. The molecule has 2 atom stereocenters. The van der Waals surface area contributed by atoms with E-state index in [9.17, 15) is 19.5 Å². The molecule has 0 saturated heterocycles. The van der Waals surface area contributed by atoms with Crippen molar-refractivity contribution in [2.75, 3.05) is 17.3 Å². The van der Waals surface area contributed by atoms with E-state index in [1.54, 1.807) is 50.7 Å². The van der Waals surface area contributed by atoms with Gasteiger partial charge >= 0.3 is 12.2 Å². The summed E-state index contributed by atoms with van der Waals surface area (Å²) in [4.78, 5) is 39.7. The molecule has 12 nitrogen and oxygen atoms in total. The van der Waals surface area contributed by atoms with Crippen molar-refractivity contribution in [1.29, 1.82) is 0 Å². The van der Waals surface area contributed by atoms with Gasteiger partial charge in [0.2, 0.25) is 5.91 Å². The van der Waals surface area contributed by atoms with Crippen molar-refractivity contribution >= 4 is 46.3 Å². The Morgan fingerprint density at radius 2 is 1.88 bits per heavy atom. The summed E-state index contributed by atoms with van der Waals surface area (Å²) in [5, 5.41) is 22.7. The molecule has 1 aliphatic heterocycles. The van der Waals surface area contributed by atoms with Crippen LogP contribution < -0.4 is 15.0 Å². The molecule has 6 rings (SSSR count). The number of nitrogens with zero attached hydrogens (tertiary/aromatic N) is 5. The molecule has 3 heterocycles. The number of carbonyl (C=O) groups excluding carboxylic acids is 2. The minimum absolute atomic E-state index is 0.312. The van der Waals surface area contributed by atoms with Crippen molar-refractivity contribution in [3.05, 3.63) is 59.3 Å². The Morgan fingerprint density at radius 1 is 1.12 bits per heavy atom. The molecule has 0 bridgehead atoms. The summed E-state index contributed by atoms with van der Waals surface area (Å²) in [7, 11) is 3.33. The van der Waals surface area contributed by atoms with E-state index in [0.29, 0.717) is 46.0 Å². The molecule has 2 amide bonds. The number of carbonyl (C=O) groups is 3. The number of rotatable bonds is 4. The van der Waals surface area contributed by atoms with Crippen LogP contribution in [0.5, 0.6) is 5.75 Å². The molecule has 2 aromatic carbocycles. The van der Waals surface area contributed by atoms with Crippen LogP contribution in [0.25, 0.3) is 10.9 Å². The van der Waals surface area contributed by atoms with Crippen molar-refractivity contribution in [3.8, 4) is 5.75 Å². The zero-order valence-electron chi connectivity index (χ0n) is 23.6. The summed E-state index contributed by atoms with van der Waals surface area (Å²) in [6.07, 6.45) is -1.56. The minimum atomic E-state index is -1.33. The summed E-state index contributed by atoms with van der Waals surface area (Å²) >= 11 is 0. The molecule has 2 N–H and O–H groups in total. The van der Waals surface area contributed by atoms with Crippen LogP contribution in [-0.2, 0) is 22.0 Å². The largest absolute Gasteiger partial charge is 0.497 e. The number of amides is 2. The molecular weight excluding hydrogens is 528 g/mol. The number of benzene rings is 2. The van der Waals surface area contributed by atoms with Crippen molar-refractivity contribution in [2.24, 2.45) is 7.05 Å². The number of nitrogens with one attached hydrogen (secondary N) is 1. The second-order valence-corrected chi connectivity index (χ2v) is 11.5. The Kier molecular flexibility index (Phi) is 5.67. The fraction of sp³-hybridized carbons (Fsp3) is 0.345. The van der Waals surface area contributed by atoms with E-state index in [2.05, 4.69) is 15.5 Å². The van der Waals surface area contributed by atoms with Gasteiger partial charge in [0, 0.05) is 24.4 Å². The smallest absolute Gasteiger partial charge is 0.435 e. The number of aryl methyl sites for hydroxylation is 2. The molecule has 2 aromatic heterocycles. The molecule has 1 fully saturated rings. The van der Waals surface area contributed by atoms with Gasteiger partial charge in [-0.1, -0.05) is 6.07 Å². The Bertz CT molecular complexity index is 1770. The lowest BCUT2D eigenvalue weighted by Crippen LogP contribution is -2.36. The molecule has 2 aliphatic rings. The molecule has 212 valence electrons. The number of fused-ring (bicyclic) bond motifs is 3. The molecule has 41 heavy (non-hydrogen) atoms. The van der Waals surface area contributed by atoms with Gasteiger partial charge in [0.1, 0.15) is 17.2 Å². The summed E-state index contributed by atoms with van der Waals surface area (Å²) in [6, 6.07) is 12.4. The standard InChI is InChI=1S/C29H30N6O6/c1-15-11-23(33(5)31-15)30-24-18-9-7-16(12-22(18)35(32-24)27(39)41-28(2,3)4)20-14-29(20)19-13-17(40-6)8-10-21(19)34(25(29)36)26(37)38/h7-13,20H,14H2,1-6H3,(H,30,32)(H,37,38)/t20-,29-/m0/s1. The van der Waals surface area contributed by atoms with Gasteiger partial charge in [-0.3, -0.25) is 9.48 Å². The van der Waals surface area contributed by atoms with Gasteiger partial charge in [-0.05, 0) is 75.6 Å². The van der Waals surface area contributed by atoms with E-state index in [1.807, 2.05) is 31.2 Å². The minimum Gasteiger partial charge on any atom is -0.497 e. The van der Waals surface area contributed by atoms with E-state index < -0.39 is 29.1 Å². The van der Waals surface area contributed by atoms with Gasteiger partial charge in [0.25, 0.3) is 0 Å². The maximum atomic E-state index is 13.6. The van der Waals surface area contributed by atoms with Gasteiger partial charge < -0.3 is 19.9 Å². The lowest BCUT2D eigenvalue weighted by atomic mass is 9.91. The van der Waals surface area contributed by atoms with E-state index in [4.69, 9.17) is 9.47 Å². The van der Waals surface area contributed by atoms with E-state index in [1.165, 1.54) is 11.8 Å². The highest BCUT2D eigenvalue weighted by Gasteiger charge is 2.68. The molecule has 1 aliphatic carbocycles. The molecule has 0 radical (unpaired) electrons. The predicted octanol–water partition coefficient (Wildman–Crippen LogP) is 5.06. The molecule has 0 unspecified atom stereocenters. The highest BCUT2D eigenvalue weighted by molar-refractivity contribution is 6.22. The number of anilines is 3. The predicted molar refractivity (Wildman–Crippen MR) is 150 cm³/mol. The summed E-state index contributed by atoms with van der Waals surface area (Å²) in [5.41, 5.74) is 1.25. The third kappa shape index (κ3) is 4.09. The number of carboxylic acid groups (broad SMARTS) is 1. The van der Waals surface area contributed by atoms with Gasteiger partial charge in [-0.15, -0.1) is 5.10 Å². The van der Waals surface area contributed by atoms with Gasteiger partial charge in [-0.2, -0.15) is 9.78 Å². The van der Waals surface area contributed by atoms with Crippen LogP contribution in [0.4, 0.5) is 26.9 Å². The lowest BCUT2D eigenvalue weighted by Gasteiger charge is -2.19. The van der Waals surface area contributed by atoms with Gasteiger partial charge in [0.15, 0.2) is 5.82 Å². The van der Waals surface area contributed by atoms with E-state index in [0.717, 1.165) is 16.2 Å². The zero-order chi connectivity index (χ0) is 29.4. The number of methoxy groups -OCH3 is 1. The molecule has 1 spiro atoms. The van der Waals surface area contributed by atoms with Crippen LogP contribution in [0.1, 0.15) is 49.9 Å². The average Bonchev–Trinajstić information content (AvgIpc) is 3.33. The Morgan fingerprint density at radius 3 is 2.51 bits per heavy atom. The van der Waals surface area contributed by atoms with Crippen molar-refractivity contribution < 1.29 is 29.0 Å². The topological polar surface area (TPSA) is 141 Å². The van der Waals surface area contributed by atoms with Gasteiger partial charge in [-0.25, -0.2) is 14.5 Å². The van der Waals surface area contributed by atoms with Crippen LogP contribution >= 0.6 is 0 Å². The highest BCUT2D eigenvalue weighted by atomic mass is 16.6. The number of hydrogen-bond acceptors (Lipinski definition) is 8. The van der Waals surface area contributed by atoms with Crippen molar-refractivity contribution in [1.82, 2.24) is 19.6 Å². The number of hydrogen-bond donors (Lipinski definition) is 2. The molecule has 12 heteroatoms. The summed E-state index contributed by atoms with van der Waals surface area (Å²) in [5.74, 6) is 0.864. The fourth-order valence-electron chi connectivity index (χ4n) is 5.74. The Hall–Kier alpha value is -4.87. The summed E-state index contributed by atoms with van der Waals surface area (Å²) in [6.45, 7) is 7.21. The maximum Gasteiger partial charge on any atom is 0.435 e. The van der Waals surface area contributed by atoms with Crippen LogP contribution in [0.2, 0.25) is 0 Å². The molecule has 4 aromatic rings. The molecule has 1 saturated carbocycles. The number of imide groups is 1. The maximum absolute atomic E-state index is 13.6. The zero-order valence-corrected chi connectivity index (χ0v) is 23.6. The highest BCUT2D eigenvalue weighted by Crippen LogP contribution is 2.67. The quantitative estimate of drug-likeness (QED) is 0.351. The first-order valence-electron chi connectivity index (χ1n) is 13.1. The van der Waals surface area contributed by atoms with Gasteiger partial charge in [0.05, 0.1) is 29.4 Å². The number of aromatic nitrogens is 4. The van der Waals surface area contributed by atoms with Crippen LogP contribution in [0.15, 0.2) is 42.5 Å². The lowest BCUT2D eigenvalue weighted by molar-refractivity contribution is -0.119. The third-order valence-electron chi connectivity index (χ3n) is 7.58. The van der Waals surface area contributed by atoms with Crippen LogP contribution in [-0.4, -0.2) is 55.5 Å². The fourth-order valence-corrected chi connectivity index (χ4v) is 5.74. The average molecular weight is 559 g/mol. The van der Waals surface area contributed by atoms with Crippen LogP contribution in [0.3, 0.4) is 0 Å². The summed E-state index contributed by atoms with van der Waals surface area (Å²) < 4.78 is 13.9. The van der Waals surface area contributed by atoms with Crippen LogP contribution in [0, 0.1) is 6.92 Å². The first-order valence-corrected chi connectivity index (χ1v) is 13.1. The van der Waals surface area contributed by atoms with E-state index in [-0.39, 0.29) is 5.92 Å². The first-order chi connectivity index (χ1) is 19.3. The monoisotopic (exact) mass is 558 g/mol. The second-order valence-electron chi connectivity index (χ2n) is 11.5. The first kappa shape index (κ1) is 26.4. The third-order valence-corrected chi connectivity index (χ3v) is 7.58. The SMILES string of the molecule is COc1ccc2c(c1)[C@]1(C[C@H]1c1ccc3c(Nc4cc(C)nn4C)nn(C(=O)OC(C)(C)C)c3c1)C(=O)N2C(=O)O. The van der Waals surface area contributed by atoms with Crippen molar-refractivity contribution in [2.45, 2.75) is 51.0 Å². The second kappa shape index (κ2) is 8.82. The Labute approximate surface area is 235 Å². The normalized spacial score (nSPS) is 19.5. The Balaban J connectivity index is 1.45. The van der Waals surface area contributed by atoms with E-state index >= 15 is 0 Å². The molecular formula is C29H30N6O6.